The van der Waals surface area contributed by atoms with Crippen LogP contribution in [0.1, 0.15) is 12.8 Å². The lowest BCUT2D eigenvalue weighted by Gasteiger charge is -2.30. The second-order valence-electron chi connectivity index (χ2n) is 5.51. The predicted octanol–water partition coefficient (Wildman–Crippen LogP) is 2.24. The molecule has 0 N–H and O–H groups in total. The van der Waals surface area contributed by atoms with Crippen LogP contribution in [0, 0.1) is 5.92 Å². The number of ether oxygens (including phenoxy) is 2. The molecule has 4 heterocycles. The van der Waals surface area contributed by atoms with Gasteiger partial charge in [-0.15, -0.1) is 0 Å². The highest BCUT2D eigenvalue weighted by Gasteiger charge is 2.40. The van der Waals surface area contributed by atoms with Crippen LogP contribution in [0.2, 0.25) is 0 Å². The molecule has 0 aromatic carbocycles. The van der Waals surface area contributed by atoms with Crippen molar-refractivity contribution in [3.63, 3.8) is 0 Å². The Bertz CT molecular complexity index is 713. The van der Waals surface area contributed by atoms with Gasteiger partial charge in [-0.25, -0.2) is 14.3 Å². The minimum absolute atomic E-state index is 0.0213. The van der Waals surface area contributed by atoms with Crippen LogP contribution in [0.25, 0.3) is 5.65 Å². The Hall–Kier alpha value is -1.67. The summed E-state index contributed by atoms with van der Waals surface area (Å²) >= 11 is 3.42. The number of fused-ring (bicyclic) bond motifs is 1. The lowest BCUT2D eigenvalue weighted by molar-refractivity contribution is 0.0564. The molecule has 22 heavy (non-hydrogen) atoms. The van der Waals surface area contributed by atoms with Crippen LogP contribution >= 0.6 is 15.9 Å². The third-order valence-corrected chi connectivity index (χ3v) is 4.83. The van der Waals surface area contributed by atoms with Crippen molar-refractivity contribution >= 4 is 33.5 Å². The van der Waals surface area contributed by atoms with Crippen molar-refractivity contribution in [3.8, 4) is 0 Å². The fourth-order valence-electron chi connectivity index (χ4n) is 3.11. The maximum Gasteiger partial charge on any atom is 0.415 e. The Morgan fingerprint density at radius 2 is 2.14 bits per heavy atom. The van der Waals surface area contributed by atoms with E-state index in [9.17, 15) is 4.79 Å². The quantitative estimate of drug-likeness (QED) is 0.815. The Labute approximate surface area is 135 Å². The SMILES string of the molecule is O=C1OC[C@H](C2CCOCC2)N1c1ccn2ncc(Br)c2n1. The van der Waals surface area contributed by atoms with Gasteiger partial charge in [0.25, 0.3) is 0 Å². The molecule has 2 aromatic rings. The van der Waals surface area contributed by atoms with Gasteiger partial charge in [-0.3, -0.25) is 4.90 Å². The van der Waals surface area contributed by atoms with E-state index in [1.807, 2.05) is 0 Å². The molecule has 2 aliphatic rings. The van der Waals surface area contributed by atoms with Gasteiger partial charge in [0.2, 0.25) is 0 Å². The molecule has 1 amide bonds. The Balaban J connectivity index is 1.69. The average molecular weight is 367 g/mol. The maximum atomic E-state index is 12.2. The van der Waals surface area contributed by atoms with Gasteiger partial charge in [-0.2, -0.15) is 5.10 Å². The summed E-state index contributed by atoms with van der Waals surface area (Å²) in [5, 5.41) is 4.17. The maximum absolute atomic E-state index is 12.2. The highest BCUT2D eigenvalue weighted by Crippen LogP contribution is 2.31. The second kappa shape index (κ2) is 5.51. The number of anilines is 1. The number of halogens is 1. The van der Waals surface area contributed by atoms with Crippen molar-refractivity contribution in [1.29, 1.82) is 0 Å². The average Bonchev–Trinajstić information content (AvgIpc) is 3.11. The first-order valence-corrected chi connectivity index (χ1v) is 8.07. The first-order chi connectivity index (χ1) is 10.7. The lowest BCUT2D eigenvalue weighted by Crippen LogP contribution is -2.41. The fraction of sp³-hybridized carbons (Fsp3) is 0.500. The molecule has 0 saturated carbocycles. The zero-order valence-corrected chi connectivity index (χ0v) is 13.4. The van der Waals surface area contributed by atoms with Gasteiger partial charge in [-0.05, 0) is 40.8 Å². The van der Waals surface area contributed by atoms with Crippen molar-refractivity contribution in [2.75, 3.05) is 24.7 Å². The summed E-state index contributed by atoms with van der Waals surface area (Å²) in [6.45, 7) is 1.89. The van der Waals surface area contributed by atoms with Crippen molar-refractivity contribution in [1.82, 2.24) is 14.6 Å². The highest BCUT2D eigenvalue weighted by atomic mass is 79.9. The fourth-order valence-corrected chi connectivity index (χ4v) is 3.47. The summed E-state index contributed by atoms with van der Waals surface area (Å²) in [4.78, 5) is 18.4. The van der Waals surface area contributed by atoms with Gasteiger partial charge in [0.05, 0.1) is 16.7 Å². The van der Waals surface area contributed by atoms with E-state index < -0.39 is 0 Å². The molecule has 0 bridgehead atoms. The van der Waals surface area contributed by atoms with Crippen LogP contribution < -0.4 is 4.90 Å². The van der Waals surface area contributed by atoms with Gasteiger partial charge in [0, 0.05) is 19.4 Å². The Morgan fingerprint density at radius 1 is 1.32 bits per heavy atom. The van der Waals surface area contributed by atoms with E-state index in [2.05, 4.69) is 26.0 Å². The van der Waals surface area contributed by atoms with Gasteiger partial charge in [0.15, 0.2) is 5.65 Å². The molecule has 0 aliphatic carbocycles. The number of nitrogens with zero attached hydrogens (tertiary/aromatic N) is 4. The normalized spacial score (nSPS) is 23.2. The van der Waals surface area contributed by atoms with E-state index >= 15 is 0 Å². The molecular weight excluding hydrogens is 352 g/mol. The van der Waals surface area contributed by atoms with Crippen molar-refractivity contribution in [2.45, 2.75) is 18.9 Å². The smallest absolute Gasteiger partial charge is 0.415 e. The largest absolute Gasteiger partial charge is 0.447 e. The molecule has 2 fully saturated rings. The third-order valence-electron chi connectivity index (χ3n) is 4.27. The number of cyclic esters (lactones) is 1. The summed E-state index contributed by atoms with van der Waals surface area (Å²) in [6, 6.07) is 1.82. The first-order valence-electron chi connectivity index (χ1n) is 7.27. The van der Waals surface area contributed by atoms with Crippen molar-refractivity contribution in [2.24, 2.45) is 5.92 Å². The van der Waals surface area contributed by atoms with Crippen LogP contribution in [0.3, 0.4) is 0 Å². The van der Waals surface area contributed by atoms with Gasteiger partial charge < -0.3 is 9.47 Å². The minimum Gasteiger partial charge on any atom is -0.447 e. The van der Waals surface area contributed by atoms with Crippen molar-refractivity contribution < 1.29 is 14.3 Å². The van der Waals surface area contributed by atoms with Crippen LogP contribution in [0.4, 0.5) is 10.6 Å². The number of hydrogen-bond acceptors (Lipinski definition) is 5. The Morgan fingerprint density at radius 3 is 2.95 bits per heavy atom. The second-order valence-corrected chi connectivity index (χ2v) is 6.36. The topological polar surface area (TPSA) is 69.0 Å². The molecule has 4 rings (SSSR count). The highest BCUT2D eigenvalue weighted by molar-refractivity contribution is 9.10. The molecule has 2 saturated heterocycles. The van der Waals surface area contributed by atoms with Gasteiger partial charge in [0.1, 0.15) is 12.4 Å². The third kappa shape index (κ3) is 2.26. The number of carbonyl (C=O) groups excluding carboxylic acids is 1. The Kier molecular flexibility index (Phi) is 3.50. The van der Waals surface area contributed by atoms with Crippen LogP contribution in [0.15, 0.2) is 22.9 Å². The number of aromatic nitrogens is 3. The number of rotatable bonds is 2. The zero-order valence-electron chi connectivity index (χ0n) is 11.8. The summed E-state index contributed by atoms with van der Waals surface area (Å²) in [5.41, 5.74) is 0.683. The molecule has 0 spiro atoms. The minimum atomic E-state index is -0.330. The van der Waals surface area contributed by atoms with E-state index in [0.717, 1.165) is 30.5 Å². The molecule has 2 aromatic heterocycles. The summed E-state index contributed by atoms with van der Waals surface area (Å²) < 4.78 is 13.2. The standard InChI is InChI=1S/C14H15BrN4O3/c15-10-7-16-18-4-1-12(17-13(10)18)19-11(8-22-14(19)20)9-2-5-21-6-3-9/h1,4,7,9,11H,2-3,5-6,8H2/t11-/m1/s1. The van der Waals surface area contributed by atoms with Crippen LogP contribution in [-0.2, 0) is 9.47 Å². The van der Waals surface area contributed by atoms with Gasteiger partial charge >= 0.3 is 6.09 Å². The van der Waals surface area contributed by atoms with E-state index in [0.29, 0.717) is 24.0 Å². The lowest BCUT2D eigenvalue weighted by atomic mass is 9.91. The molecular formula is C14H15BrN4O3. The van der Waals surface area contributed by atoms with Crippen LogP contribution in [0.5, 0.6) is 0 Å². The summed E-state index contributed by atoms with van der Waals surface area (Å²) in [7, 11) is 0. The van der Waals surface area contributed by atoms with Crippen LogP contribution in [-0.4, -0.2) is 46.6 Å². The molecule has 1 atom stereocenters. The van der Waals surface area contributed by atoms with Crippen molar-refractivity contribution in [3.05, 3.63) is 22.9 Å². The number of hydrogen-bond donors (Lipinski definition) is 0. The van der Waals surface area contributed by atoms with E-state index in [4.69, 9.17) is 9.47 Å². The summed E-state index contributed by atoms with van der Waals surface area (Å²) in [6.07, 6.45) is 5.04. The number of amides is 1. The first kappa shape index (κ1) is 14.0. The number of carbonyl (C=O) groups is 1. The molecule has 7 nitrogen and oxygen atoms in total. The van der Waals surface area contributed by atoms with E-state index in [1.54, 1.807) is 27.9 Å². The molecule has 2 aliphatic heterocycles. The zero-order chi connectivity index (χ0) is 15.1. The molecule has 8 heteroatoms. The molecule has 0 radical (unpaired) electrons. The summed E-state index contributed by atoms with van der Waals surface area (Å²) in [5.74, 6) is 0.985. The van der Waals surface area contributed by atoms with E-state index in [-0.39, 0.29) is 12.1 Å². The molecule has 0 unspecified atom stereocenters. The van der Waals surface area contributed by atoms with Gasteiger partial charge in [-0.1, -0.05) is 0 Å². The van der Waals surface area contributed by atoms with E-state index in [1.165, 1.54) is 0 Å². The predicted molar refractivity (Wildman–Crippen MR) is 81.8 cm³/mol. The monoisotopic (exact) mass is 366 g/mol. The molecule has 116 valence electrons.